The highest BCUT2D eigenvalue weighted by molar-refractivity contribution is 9.09. The highest BCUT2D eigenvalue weighted by atomic mass is 79.9. The second-order valence-corrected chi connectivity index (χ2v) is 4.56. The number of carbonyl (C=O) groups is 1. The van der Waals surface area contributed by atoms with Crippen molar-refractivity contribution in [2.45, 2.75) is 20.3 Å². The van der Waals surface area contributed by atoms with E-state index in [-0.39, 0.29) is 5.78 Å². The molecule has 0 saturated heterocycles. The van der Waals surface area contributed by atoms with Gasteiger partial charge in [0.2, 0.25) is 0 Å². The Morgan fingerprint density at radius 1 is 1.40 bits per heavy atom. The molecule has 1 aliphatic rings. The Morgan fingerprint density at radius 3 is 2.80 bits per heavy atom. The summed E-state index contributed by atoms with van der Waals surface area (Å²) in [4.78, 5) is 11.7. The molecular weight excluding hydrogens is 252 g/mol. The number of rotatable bonds is 2. The lowest BCUT2D eigenvalue weighted by Gasteiger charge is -2.01. The molecule has 0 saturated carbocycles. The lowest BCUT2D eigenvalue weighted by Crippen LogP contribution is -2.04. The van der Waals surface area contributed by atoms with E-state index in [2.05, 4.69) is 41.1 Å². The van der Waals surface area contributed by atoms with Gasteiger partial charge >= 0.3 is 0 Å². The Labute approximate surface area is 98.3 Å². The van der Waals surface area contributed by atoms with Crippen molar-refractivity contribution in [1.29, 1.82) is 0 Å². The molecule has 1 aromatic rings. The van der Waals surface area contributed by atoms with Crippen LogP contribution in [0.25, 0.3) is 5.57 Å². The van der Waals surface area contributed by atoms with Gasteiger partial charge in [0.1, 0.15) is 0 Å². The third-order valence-corrected chi connectivity index (χ3v) is 3.46. The zero-order chi connectivity index (χ0) is 11.0. The molecule has 0 atom stereocenters. The summed E-state index contributed by atoms with van der Waals surface area (Å²) >= 11 is 3.23. The quantitative estimate of drug-likeness (QED) is 0.750. The van der Waals surface area contributed by atoms with E-state index in [0.29, 0.717) is 5.33 Å². The minimum atomic E-state index is 0.210. The van der Waals surface area contributed by atoms with Crippen molar-refractivity contribution in [3.05, 3.63) is 40.5 Å². The van der Waals surface area contributed by atoms with Crippen LogP contribution in [0.1, 0.15) is 23.6 Å². The zero-order valence-corrected chi connectivity index (χ0v) is 10.5. The summed E-state index contributed by atoms with van der Waals surface area (Å²) in [6.45, 7) is 4.12. The third kappa shape index (κ3) is 1.78. The van der Waals surface area contributed by atoms with E-state index in [9.17, 15) is 4.79 Å². The van der Waals surface area contributed by atoms with Crippen molar-refractivity contribution in [2.75, 3.05) is 5.33 Å². The summed E-state index contributed by atoms with van der Waals surface area (Å²) in [5, 5.41) is 0.423. The van der Waals surface area contributed by atoms with Crippen molar-refractivity contribution in [1.82, 2.24) is 0 Å². The Hall–Kier alpha value is -0.890. The van der Waals surface area contributed by atoms with Crippen LogP contribution in [0, 0.1) is 6.92 Å². The van der Waals surface area contributed by atoms with Crippen LogP contribution >= 0.6 is 15.9 Å². The minimum Gasteiger partial charge on any atom is -0.294 e. The van der Waals surface area contributed by atoms with Crippen LogP contribution in [-0.4, -0.2) is 11.1 Å². The number of alkyl halides is 1. The number of carbonyl (C=O) groups excluding carboxylic acids is 1. The average Bonchev–Trinajstić information content (AvgIpc) is 2.55. The molecule has 0 amide bonds. The second-order valence-electron chi connectivity index (χ2n) is 4.00. The van der Waals surface area contributed by atoms with Crippen LogP contribution in [0.5, 0.6) is 0 Å². The maximum atomic E-state index is 11.7. The molecule has 0 unspecified atom stereocenters. The number of aryl methyl sites for hydroxylation is 1. The molecule has 2 rings (SSSR count). The van der Waals surface area contributed by atoms with E-state index in [1.807, 2.05) is 6.92 Å². The summed E-state index contributed by atoms with van der Waals surface area (Å²) in [6, 6.07) is 6.40. The van der Waals surface area contributed by atoms with Gasteiger partial charge in [-0.15, -0.1) is 0 Å². The first-order chi connectivity index (χ1) is 7.13. The summed E-state index contributed by atoms with van der Waals surface area (Å²) < 4.78 is 0. The summed E-state index contributed by atoms with van der Waals surface area (Å²) in [7, 11) is 0. The van der Waals surface area contributed by atoms with Gasteiger partial charge in [0, 0.05) is 12.0 Å². The summed E-state index contributed by atoms with van der Waals surface area (Å²) in [6.07, 6.45) is 0.797. The fourth-order valence-electron chi connectivity index (χ4n) is 2.07. The van der Waals surface area contributed by atoms with E-state index in [4.69, 9.17) is 0 Å². The molecule has 2 heteroatoms. The maximum Gasteiger partial charge on any atom is 0.169 e. The number of Topliss-reactive ketones (excluding diaryl/α,β-unsaturated/α-hetero) is 1. The molecule has 1 nitrogen and oxygen atoms in total. The first-order valence-electron chi connectivity index (χ1n) is 5.02. The van der Waals surface area contributed by atoms with Crippen molar-refractivity contribution >= 4 is 27.3 Å². The van der Waals surface area contributed by atoms with Gasteiger partial charge in [-0.25, -0.2) is 0 Å². The molecule has 15 heavy (non-hydrogen) atoms. The largest absolute Gasteiger partial charge is 0.294 e. The molecule has 1 aliphatic carbocycles. The number of allylic oxidation sites excluding steroid dienone is 2. The van der Waals surface area contributed by atoms with Crippen LogP contribution in [0.4, 0.5) is 0 Å². The molecule has 78 valence electrons. The predicted octanol–water partition coefficient (Wildman–Crippen LogP) is 3.29. The van der Waals surface area contributed by atoms with Gasteiger partial charge in [0.15, 0.2) is 5.78 Å². The topological polar surface area (TPSA) is 17.1 Å². The SMILES string of the molecule is CC1=C(C(=O)CBr)Cc2ccc(C)cc21. The molecule has 0 radical (unpaired) electrons. The molecular formula is C13H13BrO. The standard InChI is InChI=1S/C13H13BrO/c1-8-3-4-10-6-12(13(15)7-14)9(2)11(10)5-8/h3-5H,6-7H2,1-2H3. The molecule has 0 bridgehead atoms. The van der Waals surface area contributed by atoms with Gasteiger partial charge in [-0.05, 0) is 30.5 Å². The number of halogens is 1. The van der Waals surface area contributed by atoms with E-state index < -0.39 is 0 Å². The molecule has 0 spiro atoms. The zero-order valence-electron chi connectivity index (χ0n) is 8.93. The van der Waals surface area contributed by atoms with Crippen LogP contribution in [0.3, 0.4) is 0 Å². The molecule has 0 aliphatic heterocycles. The average molecular weight is 265 g/mol. The Kier molecular flexibility index (Phi) is 2.79. The second kappa shape index (κ2) is 3.93. The number of fused-ring (bicyclic) bond motifs is 1. The number of hydrogen-bond donors (Lipinski definition) is 0. The van der Waals surface area contributed by atoms with Gasteiger partial charge in [-0.3, -0.25) is 4.79 Å². The number of hydrogen-bond acceptors (Lipinski definition) is 1. The van der Waals surface area contributed by atoms with Gasteiger partial charge < -0.3 is 0 Å². The van der Waals surface area contributed by atoms with E-state index in [0.717, 1.165) is 17.6 Å². The molecule has 0 heterocycles. The molecule has 0 fully saturated rings. The summed E-state index contributed by atoms with van der Waals surface area (Å²) in [5.74, 6) is 0.210. The van der Waals surface area contributed by atoms with Gasteiger partial charge in [0.05, 0.1) is 5.33 Å². The van der Waals surface area contributed by atoms with Crippen LogP contribution in [0.2, 0.25) is 0 Å². The molecule has 0 aromatic heterocycles. The van der Waals surface area contributed by atoms with Crippen LogP contribution in [-0.2, 0) is 11.2 Å². The van der Waals surface area contributed by atoms with Crippen molar-refractivity contribution in [2.24, 2.45) is 0 Å². The molecule has 1 aromatic carbocycles. The lowest BCUT2D eigenvalue weighted by molar-refractivity contribution is -0.113. The first-order valence-corrected chi connectivity index (χ1v) is 6.14. The Morgan fingerprint density at radius 2 is 2.13 bits per heavy atom. The van der Waals surface area contributed by atoms with E-state index in [1.165, 1.54) is 16.7 Å². The highest BCUT2D eigenvalue weighted by Gasteiger charge is 2.22. The molecule has 0 N–H and O–H groups in total. The third-order valence-electron chi connectivity index (χ3n) is 2.95. The van der Waals surface area contributed by atoms with Crippen LogP contribution < -0.4 is 0 Å². The van der Waals surface area contributed by atoms with Crippen molar-refractivity contribution < 1.29 is 4.79 Å². The van der Waals surface area contributed by atoms with Crippen molar-refractivity contribution in [3.8, 4) is 0 Å². The predicted molar refractivity (Wildman–Crippen MR) is 66.3 cm³/mol. The van der Waals surface area contributed by atoms with Gasteiger partial charge in [-0.2, -0.15) is 0 Å². The van der Waals surface area contributed by atoms with Gasteiger partial charge in [0.25, 0.3) is 0 Å². The Balaban J connectivity index is 2.47. The lowest BCUT2D eigenvalue weighted by atomic mass is 10.0. The fraction of sp³-hybridized carbons (Fsp3) is 0.308. The minimum absolute atomic E-state index is 0.210. The maximum absolute atomic E-state index is 11.7. The van der Waals surface area contributed by atoms with Gasteiger partial charge in [-0.1, -0.05) is 39.7 Å². The van der Waals surface area contributed by atoms with Crippen LogP contribution in [0.15, 0.2) is 23.8 Å². The number of benzene rings is 1. The van der Waals surface area contributed by atoms with Crippen molar-refractivity contribution in [3.63, 3.8) is 0 Å². The van der Waals surface area contributed by atoms with E-state index in [1.54, 1.807) is 0 Å². The normalized spacial score (nSPS) is 14.3. The first kappa shape index (κ1) is 10.6. The monoisotopic (exact) mass is 264 g/mol. The summed E-state index contributed by atoms with van der Waals surface area (Å²) in [5.41, 5.74) is 5.90. The Bertz CT molecular complexity index is 458. The van der Waals surface area contributed by atoms with E-state index >= 15 is 0 Å². The highest BCUT2D eigenvalue weighted by Crippen LogP contribution is 2.33. The smallest absolute Gasteiger partial charge is 0.169 e. The number of ketones is 1. The fourth-order valence-corrected chi connectivity index (χ4v) is 2.41.